The Labute approximate surface area is 195 Å². The van der Waals surface area contributed by atoms with Crippen LogP contribution in [-0.2, 0) is 16.1 Å². The number of benzene rings is 1. The number of amides is 2. The smallest absolute Gasteiger partial charge is 0.255 e. The summed E-state index contributed by atoms with van der Waals surface area (Å²) in [5.41, 5.74) is 2.37. The van der Waals surface area contributed by atoms with Gasteiger partial charge in [-0.2, -0.15) is 0 Å². The zero-order valence-electron chi connectivity index (χ0n) is 19.3. The van der Waals surface area contributed by atoms with Crippen LogP contribution in [0.1, 0.15) is 54.9 Å². The summed E-state index contributed by atoms with van der Waals surface area (Å²) >= 11 is 0. The molecule has 3 heterocycles. The highest BCUT2D eigenvalue weighted by Crippen LogP contribution is 2.49. The molecule has 5 aliphatic rings. The Bertz CT molecular complexity index is 988. The number of rotatable bonds is 6. The second-order valence-electron chi connectivity index (χ2n) is 10.3. The molecule has 5 atom stereocenters. The number of piperidine rings is 1. The number of fused-ring (bicyclic) bond motifs is 3. The molecule has 2 bridgehead atoms. The van der Waals surface area contributed by atoms with Crippen LogP contribution in [0.3, 0.4) is 0 Å². The first-order valence-electron chi connectivity index (χ1n) is 12.5. The topological polar surface area (TPSA) is 71.1 Å². The fourth-order valence-corrected chi connectivity index (χ4v) is 6.80. The third kappa shape index (κ3) is 3.56. The van der Waals surface area contributed by atoms with Gasteiger partial charge in [-0.3, -0.25) is 14.5 Å². The second-order valence-corrected chi connectivity index (χ2v) is 10.3. The van der Waals surface area contributed by atoms with Gasteiger partial charge in [0.05, 0.1) is 6.10 Å². The van der Waals surface area contributed by atoms with E-state index in [0.29, 0.717) is 48.9 Å². The van der Waals surface area contributed by atoms with Crippen LogP contribution in [0.4, 0.5) is 0 Å². The van der Waals surface area contributed by atoms with Gasteiger partial charge in [-0.25, -0.2) is 0 Å². The lowest BCUT2D eigenvalue weighted by atomic mass is 9.89. The Kier molecular flexibility index (Phi) is 5.22. The van der Waals surface area contributed by atoms with E-state index in [-0.39, 0.29) is 17.9 Å². The van der Waals surface area contributed by atoms with Crippen LogP contribution in [-0.4, -0.2) is 65.6 Å². The third-order valence-electron chi connectivity index (χ3n) is 8.38. The van der Waals surface area contributed by atoms with Crippen molar-refractivity contribution in [3.8, 4) is 5.75 Å². The fourth-order valence-electron chi connectivity index (χ4n) is 6.80. The van der Waals surface area contributed by atoms with Crippen LogP contribution in [0.15, 0.2) is 30.5 Å². The van der Waals surface area contributed by atoms with Crippen molar-refractivity contribution in [3.05, 3.63) is 41.6 Å². The standard InChI is InChI=1S/C26H33N3O4/c1-3-32-20-13-28(14-20)23-16-5-6-17(10-16)24(23)33-19-7-8-21-18(11-19)12-29(26(21)31)22-9-4-15(2)27-25(22)30/h7-8,11,16-17,20,22-24H,2-6,9-10,12-14H2,1H3,(H,27,30)/t16-,17+,22?,23+,24-/m0/s1. The Balaban J connectivity index is 1.16. The predicted molar refractivity (Wildman–Crippen MR) is 123 cm³/mol. The summed E-state index contributed by atoms with van der Waals surface area (Å²) in [5, 5.41) is 2.80. The van der Waals surface area contributed by atoms with E-state index in [1.54, 1.807) is 4.90 Å². The zero-order valence-corrected chi connectivity index (χ0v) is 19.3. The quantitative estimate of drug-likeness (QED) is 0.720. The lowest BCUT2D eigenvalue weighted by Gasteiger charge is -2.47. The molecular weight excluding hydrogens is 418 g/mol. The summed E-state index contributed by atoms with van der Waals surface area (Å²) < 4.78 is 12.4. The Morgan fingerprint density at radius 3 is 2.76 bits per heavy atom. The van der Waals surface area contributed by atoms with Gasteiger partial charge in [-0.05, 0) is 74.6 Å². The maximum atomic E-state index is 13.0. The summed E-state index contributed by atoms with van der Waals surface area (Å²) in [6.45, 7) is 9.14. The maximum Gasteiger partial charge on any atom is 0.255 e. The molecule has 0 radical (unpaired) electrons. The van der Waals surface area contributed by atoms with Crippen molar-refractivity contribution in [1.29, 1.82) is 0 Å². The van der Waals surface area contributed by atoms with E-state index >= 15 is 0 Å². The number of ether oxygens (including phenoxy) is 2. The first kappa shape index (κ1) is 21.2. The van der Waals surface area contributed by atoms with Crippen molar-refractivity contribution in [2.75, 3.05) is 19.7 Å². The molecule has 0 spiro atoms. The molecule has 4 fully saturated rings. The third-order valence-corrected chi connectivity index (χ3v) is 8.38. The summed E-state index contributed by atoms with van der Waals surface area (Å²) in [6, 6.07) is 5.87. The number of allylic oxidation sites excluding steroid dienone is 1. The highest BCUT2D eigenvalue weighted by Gasteiger charge is 2.53. The second kappa shape index (κ2) is 8.13. The number of hydrogen-bond donors (Lipinski definition) is 1. The molecule has 33 heavy (non-hydrogen) atoms. The summed E-state index contributed by atoms with van der Waals surface area (Å²) in [4.78, 5) is 29.7. The maximum absolute atomic E-state index is 13.0. The number of likely N-dealkylation sites (tertiary alicyclic amines) is 1. The molecule has 1 aromatic carbocycles. The van der Waals surface area contributed by atoms with Gasteiger partial charge in [-0.15, -0.1) is 0 Å². The van der Waals surface area contributed by atoms with Crippen molar-refractivity contribution in [2.24, 2.45) is 11.8 Å². The lowest BCUT2D eigenvalue weighted by molar-refractivity contribution is -0.126. The van der Waals surface area contributed by atoms with E-state index in [1.807, 2.05) is 18.2 Å². The highest BCUT2D eigenvalue weighted by atomic mass is 16.5. The Morgan fingerprint density at radius 1 is 1.15 bits per heavy atom. The molecule has 7 heteroatoms. The minimum absolute atomic E-state index is 0.0652. The van der Waals surface area contributed by atoms with E-state index < -0.39 is 6.04 Å². The molecule has 7 nitrogen and oxygen atoms in total. The van der Waals surface area contributed by atoms with Crippen molar-refractivity contribution < 1.29 is 19.1 Å². The Hall–Kier alpha value is -2.38. The van der Waals surface area contributed by atoms with Gasteiger partial charge in [0.15, 0.2) is 0 Å². The molecular formula is C26H33N3O4. The van der Waals surface area contributed by atoms with E-state index in [9.17, 15) is 9.59 Å². The number of nitrogens with zero attached hydrogens (tertiary/aromatic N) is 2. The van der Waals surface area contributed by atoms with Crippen LogP contribution in [0, 0.1) is 11.8 Å². The molecule has 1 unspecified atom stereocenters. The molecule has 3 aliphatic heterocycles. The molecule has 1 aromatic rings. The lowest BCUT2D eigenvalue weighted by Crippen LogP contribution is -2.61. The molecule has 2 saturated carbocycles. The van der Waals surface area contributed by atoms with E-state index in [1.165, 1.54) is 19.3 Å². The van der Waals surface area contributed by atoms with Gasteiger partial charge < -0.3 is 19.7 Å². The van der Waals surface area contributed by atoms with E-state index in [0.717, 1.165) is 36.7 Å². The van der Waals surface area contributed by atoms with Gasteiger partial charge in [-0.1, -0.05) is 6.58 Å². The molecule has 1 N–H and O–H groups in total. The number of carbonyl (C=O) groups excluding carboxylic acids is 2. The van der Waals surface area contributed by atoms with Gasteiger partial charge >= 0.3 is 0 Å². The van der Waals surface area contributed by atoms with Gasteiger partial charge in [0.1, 0.15) is 17.9 Å². The van der Waals surface area contributed by atoms with Crippen LogP contribution in [0.5, 0.6) is 5.75 Å². The highest BCUT2D eigenvalue weighted by molar-refractivity contribution is 6.01. The van der Waals surface area contributed by atoms with E-state index in [4.69, 9.17) is 9.47 Å². The normalized spacial score (nSPS) is 33.9. The van der Waals surface area contributed by atoms with Crippen LogP contribution < -0.4 is 10.1 Å². The monoisotopic (exact) mass is 451 g/mol. The molecule has 2 aliphatic carbocycles. The van der Waals surface area contributed by atoms with Gasteiger partial charge in [0.25, 0.3) is 5.91 Å². The van der Waals surface area contributed by atoms with Crippen LogP contribution in [0.2, 0.25) is 0 Å². The van der Waals surface area contributed by atoms with Gasteiger partial charge in [0, 0.05) is 43.5 Å². The van der Waals surface area contributed by atoms with Crippen molar-refractivity contribution in [1.82, 2.24) is 15.1 Å². The average molecular weight is 452 g/mol. The molecule has 0 aromatic heterocycles. The minimum atomic E-state index is -0.431. The summed E-state index contributed by atoms with van der Waals surface area (Å²) in [7, 11) is 0. The van der Waals surface area contributed by atoms with Gasteiger partial charge in [0.2, 0.25) is 5.91 Å². The van der Waals surface area contributed by atoms with Crippen molar-refractivity contribution in [3.63, 3.8) is 0 Å². The number of hydrogen-bond acceptors (Lipinski definition) is 5. The Morgan fingerprint density at radius 2 is 1.97 bits per heavy atom. The predicted octanol–water partition coefficient (Wildman–Crippen LogP) is 2.70. The van der Waals surface area contributed by atoms with E-state index in [2.05, 4.69) is 23.7 Å². The van der Waals surface area contributed by atoms with Crippen LogP contribution in [0.25, 0.3) is 0 Å². The molecule has 176 valence electrons. The number of nitrogens with one attached hydrogen (secondary N) is 1. The largest absolute Gasteiger partial charge is 0.488 e. The molecule has 6 rings (SSSR count). The average Bonchev–Trinajstić information content (AvgIpc) is 3.45. The first-order valence-corrected chi connectivity index (χ1v) is 12.5. The number of carbonyl (C=O) groups is 2. The first-order chi connectivity index (χ1) is 16.0. The molecule has 2 saturated heterocycles. The van der Waals surface area contributed by atoms with Crippen molar-refractivity contribution >= 4 is 11.8 Å². The fraction of sp³-hybridized carbons (Fsp3) is 0.615. The SMILES string of the molecule is C=C1CCC(N2Cc3cc(O[C@H]4[C@@H]5CC[C@@H](C5)[C@H]4N4CC(OCC)C4)ccc3C2=O)C(=O)N1. The summed E-state index contributed by atoms with van der Waals surface area (Å²) in [5.74, 6) is 1.97. The zero-order chi connectivity index (χ0) is 22.7. The van der Waals surface area contributed by atoms with Crippen LogP contribution >= 0.6 is 0 Å². The minimum Gasteiger partial charge on any atom is -0.488 e. The summed E-state index contributed by atoms with van der Waals surface area (Å²) in [6.07, 6.45) is 5.69. The molecule has 2 amide bonds. The van der Waals surface area contributed by atoms with Crippen molar-refractivity contribution in [2.45, 2.75) is 69.9 Å².